The highest BCUT2D eigenvalue weighted by atomic mass is 32.1. The van der Waals surface area contributed by atoms with Crippen molar-refractivity contribution >= 4 is 59.3 Å². The van der Waals surface area contributed by atoms with Crippen molar-refractivity contribution in [1.82, 2.24) is 0 Å². The zero-order valence-corrected chi connectivity index (χ0v) is 37.0. The SMILES string of the molecule is c1ccc(-c2cc(-c3ccccc3)cc(N(c3ccc(-c4ccc(-c5cccc(-c6ccc7ccccc7c6)c5)cc4)cc3)c3ccc(-c4ccc5sc6ccccc6c5c4)cc3)c2)cc1. The third-order valence-corrected chi connectivity index (χ3v) is 14.0. The number of nitrogens with zero attached hydrogens (tertiary/aromatic N) is 1. The van der Waals surface area contributed by atoms with Crippen LogP contribution in [0.15, 0.2) is 261 Å². The summed E-state index contributed by atoms with van der Waals surface area (Å²) in [7, 11) is 0. The second-order valence-electron chi connectivity index (χ2n) is 17.0. The van der Waals surface area contributed by atoms with E-state index >= 15 is 0 Å². The molecule has 0 fully saturated rings. The van der Waals surface area contributed by atoms with E-state index in [0.717, 1.165) is 17.1 Å². The monoisotopic (exact) mass is 857 g/mol. The van der Waals surface area contributed by atoms with Crippen molar-refractivity contribution in [3.63, 3.8) is 0 Å². The van der Waals surface area contributed by atoms with Crippen molar-refractivity contribution in [2.24, 2.45) is 0 Å². The first kappa shape index (κ1) is 39.3. The van der Waals surface area contributed by atoms with Crippen molar-refractivity contribution in [3.05, 3.63) is 261 Å². The molecular weight excluding hydrogens is 815 g/mol. The van der Waals surface area contributed by atoms with Crippen LogP contribution in [0.25, 0.3) is 97.7 Å². The lowest BCUT2D eigenvalue weighted by Gasteiger charge is -2.27. The second-order valence-corrected chi connectivity index (χ2v) is 18.0. The topological polar surface area (TPSA) is 3.24 Å². The number of benzene rings is 11. The summed E-state index contributed by atoms with van der Waals surface area (Å²) in [5.74, 6) is 0. The van der Waals surface area contributed by atoms with Gasteiger partial charge in [-0.3, -0.25) is 0 Å². The maximum atomic E-state index is 2.40. The smallest absolute Gasteiger partial charge is 0.0473 e. The molecule has 0 saturated heterocycles. The zero-order valence-electron chi connectivity index (χ0n) is 36.2. The highest BCUT2D eigenvalue weighted by Crippen LogP contribution is 2.42. The van der Waals surface area contributed by atoms with Gasteiger partial charge < -0.3 is 4.90 Å². The average Bonchev–Trinajstić information content (AvgIpc) is 3.78. The fourth-order valence-electron chi connectivity index (χ4n) is 9.40. The summed E-state index contributed by atoms with van der Waals surface area (Å²) in [5, 5.41) is 5.14. The minimum Gasteiger partial charge on any atom is -0.310 e. The van der Waals surface area contributed by atoms with Gasteiger partial charge in [-0.1, -0.05) is 188 Å². The van der Waals surface area contributed by atoms with Crippen molar-refractivity contribution in [3.8, 4) is 66.8 Å². The Labute approximate surface area is 389 Å². The third kappa shape index (κ3) is 7.64. The maximum absolute atomic E-state index is 2.40. The Kier molecular flexibility index (Phi) is 10.1. The van der Waals surface area contributed by atoms with Crippen molar-refractivity contribution in [1.29, 1.82) is 0 Å². The fraction of sp³-hybridized carbons (Fsp3) is 0. The van der Waals surface area contributed by atoms with E-state index in [1.54, 1.807) is 0 Å². The van der Waals surface area contributed by atoms with Crippen LogP contribution in [0.3, 0.4) is 0 Å². The Hall–Kier alpha value is -8.30. The van der Waals surface area contributed by atoms with Crippen LogP contribution in [0.2, 0.25) is 0 Å². The molecule has 0 atom stereocenters. The van der Waals surface area contributed by atoms with E-state index in [2.05, 4.69) is 266 Å². The van der Waals surface area contributed by atoms with E-state index in [4.69, 9.17) is 0 Å². The normalized spacial score (nSPS) is 11.3. The van der Waals surface area contributed by atoms with Gasteiger partial charge >= 0.3 is 0 Å². The van der Waals surface area contributed by atoms with Crippen LogP contribution >= 0.6 is 11.3 Å². The molecule has 0 saturated carbocycles. The molecule has 0 unspecified atom stereocenters. The van der Waals surface area contributed by atoms with E-state index in [9.17, 15) is 0 Å². The summed E-state index contributed by atoms with van der Waals surface area (Å²) in [6.07, 6.45) is 0. The van der Waals surface area contributed by atoms with Gasteiger partial charge in [-0.05, 0) is 150 Å². The lowest BCUT2D eigenvalue weighted by Crippen LogP contribution is -2.10. The number of hydrogen-bond donors (Lipinski definition) is 0. The predicted octanol–water partition coefficient (Wildman–Crippen LogP) is 18.7. The highest BCUT2D eigenvalue weighted by Gasteiger charge is 2.17. The van der Waals surface area contributed by atoms with Crippen molar-refractivity contribution in [2.75, 3.05) is 4.90 Å². The van der Waals surface area contributed by atoms with Crippen LogP contribution in [0.1, 0.15) is 0 Å². The van der Waals surface area contributed by atoms with E-state index < -0.39 is 0 Å². The molecule has 2 heteroatoms. The standard InChI is InChI=1S/C64H43NS/c1-3-12-44(13-4-1)56-40-57(45-14-5-2-6-15-45)42-60(41-56)65(59-35-30-50(31-36-59)55-32-37-64-62(43-55)61-20-9-10-21-63(61)66-64)58-33-28-48(29-34-58)47-22-24-49(25-23-47)52-18-11-19-53(38-52)54-27-26-46-16-7-8-17-51(46)39-54/h1-43H. The second kappa shape index (κ2) is 17.0. The van der Waals surface area contributed by atoms with Gasteiger partial charge in [0.25, 0.3) is 0 Å². The van der Waals surface area contributed by atoms with Gasteiger partial charge in [-0.25, -0.2) is 0 Å². The van der Waals surface area contributed by atoms with Crippen LogP contribution in [0.4, 0.5) is 17.1 Å². The number of rotatable bonds is 9. The van der Waals surface area contributed by atoms with Crippen LogP contribution in [0, 0.1) is 0 Å². The first-order valence-corrected chi connectivity index (χ1v) is 23.4. The molecule has 0 bridgehead atoms. The molecule has 0 aliphatic heterocycles. The van der Waals surface area contributed by atoms with Crippen LogP contribution in [-0.4, -0.2) is 0 Å². The summed E-state index contributed by atoms with van der Waals surface area (Å²) >= 11 is 1.86. The van der Waals surface area contributed by atoms with Crippen LogP contribution in [-0.2, 0) is 0 Å². The Morgan fingerprint density at radius 2 is 0.621 bits per heavy atom. The first-order valence-electron chi connectivity index (χ1n) is 22.5. The van der Waals surface area contributed by atoms with Gasteiger partial charge in [-0.2, -0.15) is 0 Å². The fourth-order valence-corrected chi connectivity index (χ4v) is 10.5. The number of anilines is 3. The van der Waals surface area contributed by atoms with E-state index in [1.165, 1.54) is 97.7 Å². The van der Waals surface area contributed by atoms with E-state index in [-0.39, 0.29) is 0 Å². The van der Waals surface area contributed by atoms with Gasteiger partial charge in [0.15, 0.2) is 0 Å². The lowest BCUT2D eigenvalue weighted by atomic mass is 9.96. The molecule has 1 nitrogen and oxygen atoms in total. The average molecular weight is 858 g/mol. The molecule has 0 N–H and O–H groups in total. The summed E-state index contributed by atoms with van der Waals surface area (Å²) < 4.78 is 2.64. The molecule has 11 aromatic carbocycles. The van der Waals surface area contributed by atoms with Crippen LogP contribution < -0.4 is 4.90 Å². The minimum atomic E-state index is 1.09. The number of hydrogen-bond acceptors (Lipinski definition) is 2. The Morgan fingerprint density at radius 1 is 0.212 bits per heavy atom. The van der Waals surface area contributed by atoms with Gasteiger partial charge in [-0.15, -0.1) is 11.3 Å². The molecule has 310 valence electrons. The summed E-state index contributed by atoms with van der Waals surface area (Å²) in [5.41, 5.74) is 17.6. The summed E-state index contributed by atoms with van der Waals surface area (Å²) in [6, 6.07) is 95.2. The largest absolute Gasteiger partial charge is 0.310 e. The summed E-state index contributed by atoms with van der Waals surface area (Å²) in [6.45, 7) is 0. The lowest BCUT2D eigenvalue weighted by molar-refractivity contribution is 1.28. The molecule has 12 aromatic rings. The van der Waals surface area contributed by atoms with Crippen molar-refractivity contribution < 1.29 is 0 Å². The minimum absolute atomic E-state index is 1.09. The molecular formula is C64H43NS. The molecule has 66 heavy (non-hydrogen) atoms. The molecule has 0 spiro atoms. The first-order chi connectivity index (χ1) is 32.7. The van der Waals surface area contributed by atoms with Gasteiger partial charge in [0, 0.05) is 37.2 Å². The Bertz CT molecular complexity index is 3610. The van der Waals surface area contributed by atoms with E-state index in [1.807, 2.05) is 11.3 Å². The molecule has 0 amide bonds. The Morgan fingerprint density at radius 3 is 1.26 bits per heavy atom. The summed E-state index contributed by atoms with van der Waals surface area (Å²) in [4.78, 5) is 2.40. The predicted molar refractivity (Wildman–Crippen MR) is 284 cm³/mol. The van der Waals surface area contributed by atoms with Gasteiger partial charge in [0.2, 0.25) is 0 Å². The Balaban J connectivity index is 0.903. The quantitative estimate of drug-likeness (QED) is 0.140. The molecule has 0 aliphatic rings. The molecule has 12 rings (SSSR count). The van der Waals surface area contributed by atoms with Gasteiger partial charge in [0.1, 0.15) is 0 Å². The van der Waals surface area contributed by atoms with Crippen LogP contribution in [0.5, 0.6) is 0 Å². The highest BCUT2D eigenvalue weighted by molar-refractivity contribution is 7.25. The molecule has 1 aromatic heterocycles. The molecule has 1 heterocycles. The molecule has 0 aliphatic carbocycles. The maximum Gasteiger partial charge on any atom is 0.0473 e. The third-order valence-electron chi connectivity index (χ3n) is 12.8. The van der Waals surface area contributed by atoms with Gasteiger partial charge in [0.05, 0.1) is 0 Å². The van der Waals surface area contributed by atoms with Crippen molar-refractivity contribution in [2.45, 2.75) is 0 Å². The molecule has 0 radical (unpaired) electrons. The zero-order chi connectivity index (χ0) is 43.8. The number of thiophene rings is 1. The van der Waals surface area contributed by atoms with E-state index in [0.29, 0.717) is 0 Å². The number of fused-ring (bicyclic) bond motifs is 4.